The third-order valence-electron chi connectivity index (χ3n) is 3.98. The summed E-state index contributed by atoms with van der Waals surface area (Å²) in [5.41, 5.74) is 1.17. The molecule has 1 aliphatic rings. The fourth-order valence-corrected chi connectivity index (χ4v) is 2.70. The van der Waals surface area contributed by atoms with Crippen molar-refractivity contribution in [1.29, 1.82) is 0 Å². The van der Waals surface area contributed by atoms with E-state index in [1.54, 1.807) is 0 Å². The summed E-state index contributed by atoms with van der Waals surface area (Å²) in [5.74, 6) is 1.03. The summed E-state index contributed by atoms with van der Waals surface area (Å²) in [4.78, 5) is 12.0. The molecule has 1 amide bonds. The Morgan fingerprint density at radius 2 is 2.14 bits per heavy atom. The summed E-state index contributed by atoms with van der Waals surface area (Å²) < 4.78 is 5.41. The Morgan fingerprint density at radius 3 is 2.81 bits per heavy atom. The van der Waals surface area contributed by atoms with Gasteiger partial charge in [0.2, 0.25) is 5.91 Å². The first kappa shape index (κ1) is 15.8. The standard InChI is InChI=1S/C17H26N2O2/c1-3-21-15-9-6-14(7-10-15)8-11-17(20)19-16-5-4-12-18-13(16)2/h6-7,9-10,13,16,18H,3-5,8,11-12H2,1-2H3,(H,19,20). The van der Waals surface area contributed by atoms with Crippen LogP contribution in [0, 0.1) is 0 Å². The summed E-state index contributed by atoms with van der Waals surface area (Å²) in [6.45, 7) is 5.84. The van der Waals surface area contributed by atoms with Crippen LogP contribution in [0.15, 0.2) is 24.3 Å². The van der Waals surface area contributed by atoms with E-state index in [-0.39, 0.29) is 11.9 Å². The van der Waals surface area contributed by atoms with Crippen molar-refractivity contribution in [3.05, 3.63) is 29.8 Å². The summed E-state index contributed by atoms with van der Waals surface area (Å²) in [7, 11) is 0. The van der Waals surface area contributed by atoms with Crippen LogP contribution in [0.2, 0.25) is 0 Å². The second-order valence-electron chi connectivity index (χ2n) is 5.64. The Bertz CT molecular complexity index is 445. The van der Waals surface area contributed by atoms with Crippen molar-refractivity contribution in [2.24, 2.45) is 0 Å². The molecular weight excluding hydrogens is 264 g/mol. The van der Waals surface area contributed by atoms with E-state index in [4.69, 9.17) is 4.74 Å². The van der Waals surface area contributed by atoms with E-state index in [1.165, 1.54) is 5.56 Å². The molecule has 2 N–H and O–H groups in total. The van der Waals surface area contributed by atoms with E-state index in [0.29, 0.717) is 19.1 Å². The summed E-state index contributed by atoms with van der Waals surface area (Å²) in [6, 6.07) is 8.62. The molecule has 0 aliphatic carbocycles. The maximum atomic E-state index is 12.0. The van der Waals surface area contributed by atoms with Crippen molar-refractivity contribution in [2.75, 3.05) is 13.2 Å². The molecule has 4 heteroatoms. The molecule has 116 valence electrons. The lowest BCUT2D eigenvalue weighted by molar-refractivity contribution is -0.122. The number of aryl methyl sites for hydroxylation is 1. The summed E-state index contributed by atoms with van der Waals surface area (Å²) in [6.07, 6.45) is 3.51. The molecule has 0 bridgehead atoms. The largest absolute Gasteiger partial charge is 0.494 e. The van der Waals surface area contributed by atoms with Gasteiger partial charge in [-0.2, -0.15) is 0 Å². The molecule has 1 heterocycles. The first-order valence-electron chi connectivity index (χ1n) is 7.93. The maximum Gasteiger partial charge on any atom is 0.220 e. The molecule has 0 radical (unpaired) electrons. The highest BCUT2D eigenvalue weighted by Crippen LogP contribution is 2.14. The lowest BCUT2D eigenvalue weighted by atomic mass is 9.99. The lowest BCUT2D eigenvalue weighted by Gasteiger charge is -2.30. The van der Waals surface area contributed by atoms with Gasteiger partial charge in [0.25, 0.3) is 0 Å². The first-order chi connectivity index (χ1) is 10.2. The highest BCUT2D eigenvalue weighted by atomic mass is 16.5. The van der Waals surface area contributed by atoms with Gasteiger partial charge in [-0.25, -0.2) is 0 Å². The Hall–Kier alpha value is -1.55. The predicted molar refractivity (Wildman–Crippen MR) is 84.6 cm³/mol. The van der Waals surface area contributed by atoms with Crippen LogP contribution >= 0.6 is 0 Å². The Balaban J connectivity index is 1.75. The molecule has 4 nitrogen and oxygen atoms in total. The molecule has 1 aromatic carbocycles. The highest BCUT2D eigenvalue weighted by Gasteiger charge is 2.21. The summed E-state index contributed by atoms with van der Waals surface area (Å²) in [5, 5.41) is 6.55. The molecule has 1 aromatic rings. The molecule has 1 fully saturated rings. The normalized spacial score (nSPS) is 21.8. The topological polar surface area (TPSA) is 50.4 Å². The average Bonchev–Trinajstić information content (AvgIpc) is 2.49. The van der Waals surface area contributed by atoms with Crippen molar-refractivity contribution in [1.82, 2.24) is 10.6 Å². The predicted octanol–water partition coefficient (Wildman–Crippen LogP) is 2.27. The van der Waals surface area contributed by atoms with Crippen LogP contribution in [-0.2, 0) is 11.2 Å². The molecule has 2 unspecified atom stereocenters. The van der Waals surface area contributed by atoms with Gasteiger partial charge in [-0.05, 0) is 57.4 Å². The summed E-state index contributed by atoms with van der Waals surface area (Å²) >= 11 is 0. The van der Waals surface area contributed by atoms with E-state index in [9.17, 15) is 4.79 Å². The fourth-order valence-electron chi connectivity index (χ4n) is 2.70. The molecule has 0 saturated carbocycles. The zero-order chi connectivity index (χ0) is 15.1. The highest BCUT2D eigenvalue weighted by molar-refractivity contribution is 5.76. The Labute approximate surface area is 127 Å². The minimum Gasteiger partial charge on any atom is -0.494 e. The minimum atomic E-state index is 0.143. The zero-order valence-corrected chi connectivity index (χ0v) is 13.0. The van der Waals surface area contributed by atoms with Gasteiger partial charge in [-0.3, -0.25) is 4.79 Å². The molecule has 2 atom stereocenters. The Kier molecular flexibility index (Phi) is 6.05. The number of hydrogen-bond acceptors (Lipinski definition) is 3. The molecule has 21 heavy (non-hydrogen) atoms. The number of rotatable bonds is 6. The number of ether oxygens (including phenoxy) is 1. The monoisotopic (exact) mass is 290 g/mol. The van der Waals surface area contributed by atoms with E-state index in [2.05, 4.69) is 17.6 Å². The van der Waals surface area contributed by atoms with Gasteiger partial charge in [0.15, 0.2) is 0 Å². The van der Waals surface area contributed by atoms with Crippen LogP contribution in [0.1, 0.15) is 38.7 Å². The second-order valence-corrected chi connectivity index (χ2v) is 5.64. The van der Waals surface area contributed by atoms with Gasteiger partial charge < -0.3 is 15.4 Å². The number of piperidine rings is 1. The van der Waals surface area contributed by atoms with Crippen molar-refractivity contribution in [3.63, 3.8) is 0 Å². The van der Waals surface area contributed by atoms with Gasteiger partial charge in [0.05, 0.1) is 6.61 Å². The average molecular weight is 290 g/mol. The molecule has 0 spiro atoms. The zero-order valence-electron chi connectivity index (χ0n) is 13.0. The molecule has 1 saturated heterocycles. The van der Waals surface area contributed by atoms with Gasteiger partial charge >= 0.3 is 0 Å². The third-order valence-corrected chi connectivity index (χ3v) is 3.98. The molecule has 0 aromatic heterocycles. The van der Waals surface area contributed by atoms with Gasteiger partial charge in [-0.15, -0.1) is 0 Å². The van der Waals surface area contributed by atoms with Gasteiger partial charge in [0, 0.05) is 18.5 Å². The van der Waals surface area contributed by atoms with Crippen molar-refractivity contribution < 1.29 is 9.53 Å². The van der Waals surface area contributed by atoms with Crippen molar-refractivity contribution in [2.45, 2.75) is 51.6 Å². The van der Waals surface area contributed by atoms with Crippen LogP contribution in [0.4, 0.5) is 0 Å². The van der Waals surface area contributed by atoms with E-state index in [0.717, 1.165) is 31.6 Å². The van der Waals surface area contributed by atoms with Crippen LogP contribution in [0.25, 0.3) is 0 Å². The maximum absolute atomic E-state index is 12.0. The van der Waals surface area contributed by atoms with E-state index in [1.807, 2.05) is 31.2 Å². The first-order valence-corrected chi connectivity index (χ1v) is 7.93. The van der Waals surface area contributed by atoms with Crippen molar-refractivity contribution in [3.8, 4) is 5.75 Å². The van der Waals surface area contributed by atoms with Gasteiger partial charge in [-0.1, -0.05) is 12.1 Å². The van der Waals surface area contributed by atoms with Crippen LogP contribution < -0.4 is 15.4 Å². The third kappa shape index (κ3) is 5.05. The number of benzene rings is 1. The number of amides is 1. The molecule has 2 rings (SSSR count). The quantitative estimate of drug-likeness (QED) is 0.845. The second kappa shape index (κ2) is 8.03. The van der Waals surface area contributed by atoms with Crippen LogP contribution in [-0.4, -0.2) is 31.1 Å². The van der Waals surface area contributed by atoms with Crippen LogP contribution in [0.3, 0.4) is 0 Å². The fraction of sp³-hybridized carbons (Fsp3) is 0.588. The Morgan fingerprint density at radius 1 is 1.38 bits per heavy atom. The number of hydrogen-bond donors (Lipinski definition) is 2. The molecular formula is C17H26N2O2. The minimum absolute atomic E-state index is 0.143. The van der Waals surface area contributed by atoms with E-state index < -0.39 is 0 Å². The molecule has 1 aliphatic heterocycles. The number of nitrogens with one attached hydrogen (secondary N) is 2. The lowest BCUT2D eigenvalue weighted by Crippen LogP contribution is -2.51. The van der Waals surface area contributed by atoms with Gasteiger partial charge in [0.1, 0.15) is 5.75 Å². The number of carbonyl (C=O) groups excluding carboxylic acids is 1. The van der Waals surface area contributed by atoms with Crippen LogP contribution in [0.5, 0.6) is 5.75 Å². The number of carbonyl (C=O) groups is 1. The van der Waals surface area contributed by atoms with Crippen molar-refractivity contribution >= 4 is 5.91 Å². The van der Waals surface area contributed by atoms with E-state index >= 15 is 0 Å². The smallest absolute Gasteiger partial charge is 0.220 e. The SMILES string of the molecule is CCOc1ccc(CCC(=O)NC2CCCNC2C)cc1.